The van der Waals surface area contributed by atoms with Crippen LogP contribution in [0.5, 0.6) is 0 Å². The van der Waals surface area contributed by atoms with E-state index < -0.39 is 29.7 Å². The maximum absolute atomic E-state index is 12.6. The van der Waals surface area contributed by atoms with Crippen LogP contribution in [0.15, 0.2) is 24.3 Å². The van der Waals surface area contributed by atoms with Gasteiger partial charge in [0.25, 0.3) is 0 Å². The van der Waals surface area contributed by atoms with Gasteiger partial charge in [0.2, 0.25) is 0 Å². The Kier molecular flexibility index (Phi) is 8.69. The predicted molar refractivity (Wildman–Crippen MR) is 112 cm³/mol. The molecule has 7 nitrogen and oxygen atoms in total. The maximum atomic E-state index is 12.6. The molecule has 1 aromatic rings. The van der Waals surface area contributed by atoms with E-state index in [1.54, 1.807) is 20.8 Å². The fraction of sp³-hybridized carbons (Fsp3) is 0.609. The van der Waals surface area contributed by atoms with Gasteiger partial charge in [0, 0.05) is 0 Å². The lowest BCUT2D eigenvalue weighted by Gasteiger charge is -2.24. The van der Waals surface area contributed by atoms with E-state index >= 15 is 0 Å². The molecule has 0 bridgehead atoms. The molecule has 0 aliphatic heterocycles. The first-order valence-electron chi connectivity index (χ1n) is 10.5. The zero-order valence-electron chi connectivity index (χ0n) is 18.4. The molecule has 166 valence electrons. The number of alkyl carbamates (subject to hydrolysis) is 1. The highest BCUT2D eigenvalue weighted by Gasteiger charge is 2.29. The largest absolute Gasteiger partial charge is 0.462 e. The fourth-order valence-corrected chi connectivity index (χ4v) is 3.17. The minimum absolute atomic E-state index is 0.0449. The maximum Gasteiger partial charge on any atom is 0.408 e. The molecule has 1 fully saturated rings. The Hall–Kier alpha value is -2.57. The van der Waals surface area contributed by atoms with E-state index in [4.69, 9.17) is 14.2 Å². The van der Waals surface area contributed by atoms with E-state index in [1.165, 1.54) is 0 Å². The number of benzene rings is 1. The van der Waals surface area contributed by atoms with Crippen molar-refractivity contribution in [1.29, 1.82) is 0 Å². The molecule has 1 N–H and O–H groups in total. The van der Waals surface area contributed by atoms with Crippen LogP contribution >= 0.6 is 0 Å². The number of ether oxygens (including phenoxy) is 3. The number of carbonyl (C=O) groups is 3. The SMILES string of the molecule is Cc1ccc(COC(=O)[C@H](CC(=O)OC2CCCCC2)NC(=O)OC(C)(C)C)cc1. The minimum atomic E-state index is -1.18. The third kappa shape index (κ3) is 8.84. The van der Waals surface area contributed by atoms with Crippen LogP contribution in [0.3, 0.4) is 0 Å². The molecule has 2 rings (SSSR count). The number of aryl methyl sites for hydroxylation is 1. The summed E-state index contributed by atoms with van der Waals surface area (Å²) in [6, 6.07) is 6.37. The van der Waals surface area contributed by atoms with Crippen molar-refractivity contribution in [2.24, 2.45) is 0 Å². The highest BCUT2D eigenvalue weighted by molar-refractivity contribution is 5.86. The lowest BCUT2D eigenvalue weighted by molar-refractivity contribution is -0.157. The third-order valence-corrected chi connectivity index (χ3v) is 4.70. The van der Waals surface area contributed by atoms with Crippen LogP contribution in [-0.2, 0) is 30.4 Å². The predicted octanol–water partition coefficient (Wildman–Crippen LogP) is 4.20. The van der Waals surface area contributed by atoms with Gasteiger partial charge in [-0.05, 0) is 58.9 Å². The topological polar surface area (TPSA) is 90.9 Å². The van der Waals surface area contributed by atoms with Crippen molar-refractivity contribution in [2.45, 2.75) is 90.6 Å². The molecule has 1 amide bonds. The van der Waals surface area contributed by atoms with E-state index in [0.29, 0.717) is 0 Å². The Morgan fingerprint density at radius 1 is 1.07 bits per heavy atom. The van der Waals surface area contributed by atoms with Crippen molar-refractivity contribution >= 4 is 18.0 Å². The minimum Gasteiger partial charge on any atom is -0.462 e. The third-order valence-electron chi connectivity index (χ3n) is 4.70. The Morgan fingerprint density at radius 2 is 1.70 bits per heavy atom. The summed E-state index contributed by atoms with van der Waals surface area (Å²) < 4.78 is 16.0. The molecule has 0 radical (unpaired) electrons. The average Bonchev–Trinajstić information content (AvgIpc) is 2.66. The van der Waals surface area contributed by atoms with Crippen LogP contribution in [0.25, 0.3) is 0 Å². The van der Waals surface area contributed by atoms with E-state index in [1.807, 2.05) is 31.2 Å². The normalized spacial score (nSPS) is 15.7. The van der Waals surface area contributed by atoms with Gasteiger partial charge in [-0.15, -0.1) is 0 Å². The van der Waals surface area contributed by atoms with E-state index in [-0.39, 0.29) is 19.1 Å². The molecule has 0 spiro atoms. The van der Waals surface area contributed by atoms with Crippen LogP contribution in [0.2, 0.25) is 0 Å². The molecule has 1 aromatic carbocycles. The highest BCUT2D eigenvalue weighted by atomic mass is 16.6. The smallest absolute Gasteiger partial charge is 0.408 e. The number of amides is 1. The molecule has 0 heterocycles. The van der Waals surface area contributed by atoms with Gasteiger partial charge in [-0.1, -0.05) is 36.2 Å². The van der Waals surface area contributed by atoms with Gasteiger partial charge < -0.3 is 19.5 Å². The lowest BCUT2D eigenvalue weighted by Crippen LogP contribution is -2.45. The Labute approximate surface area is 178 Å². The second kappa shape index (κ2) is 11.0. The summed E-state index contributed by atoms with van der Waals surface area (Å²) in [6.07, 6.45) is 3.63. The second-order valence-electron chi connectivity index (χ2n) is 8.75. The molecule has 0 aromatic heterocycles. The van der Waals surface area contributed by atoms with Crippen LogP contribution in [0.1, 0.15) is 70.4 Å². The van der Waals surface area contributed by atoms with Crippen molar-refractivity contribution in [3.05, 3.63) is 35.4 Å². The molecule has 1 aliphatic rings. The zero-order valence-corrected chi connectivity index (χ0v) is 18.4. The first-order valence-corrected chi connectivity index (χ1v) is 10.5. The van der Waals surface area contributed by atoms with Gasteiger partial charge in [-0.2, -0.15) is 0 Å². The summed E-state index contributed by atoms with van der Waals surface area (Å²) in [5.74, 6) is -1.24. The standard InChI is InChI=1S/C23H33NO6/c1-16-10-12-17(13-11-16)15-28-21(26)19(24-22(27)30-23(2,3)4)14-20(25)29-18-8-6-5-7-9-18/h10-13,18-19H,5-9,14-15H2,1-4H3,(H,24,27)/t19-/m0/s1. The first kappa shape index (κ1) is 23.7. The van der Waals surface area contributed by atoms with Gasteiger partial charge >= 0.3 is 18.0 Å². The van der Waals surface area contributed by atoms with E-state index in [2.05, 4.69) is 5.32 Å². The number of hydrogen-bond donors (Lipinski definition) is 1. The number of carbonyl (C=O) groups excluding carboxylic acids is 3. The number of nitrogens with one attached hydrogen (secondary N) is 1. The van der Waals surface area contributed by atoms with Crippen molar-refractivity contribution < 1.29 is 28.6 Å². The highest BCUT2D eigenvalue weighted by Crippen LogP contribution is 2.21. The Bertz CT molecular complexity index is 716. The summed E-state index contributed by atoms with van der Waals surface area (Å²) in [5, 5.41) is 2.45. The van der Waals surface area contributed by atoms with Gasteiger partial charge in [0.1, 0.15) is 24.4 Å². The molecule has 30 heavy (non-hydrogen) atoms. The lowest BCUT2D eigenvalue weighted by atomic mass is 9.98. The van der Waals surface area contributed by atoms with Crippen molar-refractivity contribution in [2.75, 3.05) is 0 Å². The van der Waals surface area contributed by atoms with Crippen LogP contribution in [0.4, 0.5) is 4.79 Å². The summed E-state index contributed by atoms with van der Waals surface area (Å²) in [6.45, 7) is 7.16. The molecule has 1 atom stereocenters. The molecule has 0 unspecified atom stereocenters. The summed E-state index contributed by atoms with van der Waals surface area (Å²) >= 11 is 0. The zero-order chi connectivity index (χ0) is 22.1. The quantitative estimate of drug-likeness (QED) is 0.526. The van der Waals surface area contributed by atoms with Gasteiger partial charge in [0.05, 0.1) is 6.42 Å². The molecule has 1 saturated carbocycles. The van der Waals surface area contributed by atoms with Gasteiger partial charge in [-0.25, -0.2) is 9.59 Å². The second-order valence-corrected chi connectivity index (χ2v) is 8.75. The fourth-order valence-electron chi connectivity index (χ4n) is 3.17. The van der Waals surface area contributed by atoms with Crippen LogP contribution in [-0.4, -0.2) is 35.8 Å². The van der Waals surface area contributed by atoms with Crippen molar-refractivity contribution in [3.8, 4) is 0 Å². The van der Waals surface area contributed by atoms with Crippen LogP contribution in [0, 0.1) is 6.92 Å². The number of hydrogen-bond acceptors (Lipinski definition) is 6. The average molecular weight is 420 g/mol. The van der Waals surface area contributed by atoms with Gasteiger partial charge in [0.15, 0.2) is 0 Å². The van der Waals surface area contributed by atoms with Crippen LogP contribution < -0.4 is 5.32 Å². The first-order chi connectivity index (χ1) is 14.1. The van der Waals surface area contributed by atoms with E-state index in [9.17, 15) is 14.4 Å². The number of esters is 2. The Morgan fingerprint density at radius 3 is 2.30 bits per heavy atom. The molecule has 7 heteroatoms. The number of rotatable bonds is 7. The summed E-state index contributed by atoms with van der Waals surface area (Å²) in [5.41, 5.74) is 1.18. The van der Waals surface area contributed by atoms with Crippen molar-refractivity contribution in [1.82, 2.24) is 5.32 Å². The monoisotopic (exact) mass is 419 g/mol. The summed E-state index contributed by atoms with van der Waals surface area (Å²) in [4.78, 5) is 37.2. The summed E-state index contributed by atoms with van der Waals surface area (Å²) in [7, 11) is 0. The molecule has 1 aliphatic carbocycles. The Balaban J connectivity index is 1.97. The van der Waals surface area contributed by atoms with Gasteiger partial charge in [-0.3, -0.25) is 4.79 Å². The van der Waals surface area contributed by atoms with E-state index in [0.717, 1.165) is 43.2 Å². The molecular formula is C23H33NO6. The molecule has 0 saturated heterocycles. The molecular weight excluding hydrogens is 386 g/mol. The van der Waals surface area contributed by atoms with Crippen molar-refractivity contribution in [3.63, 3.8) is 0 Å².